The van der Waals surface area contributed by atoms with E-state index in [2.05, 4.69) is 24.1 Å². The first-order valence-corrected chi connectivity index (χ1v) is 10.6. The molecular weight excluding hydrogens is 348 g/mol. The Morgan fingerprint density at radius 1 is 1.00 bits per heavy atom. The Hall–Kier alpha value is -2.18. The summed E-state index contributed by atoms with van der Waals surface area (Å²) in [7, 11) is -3.47. The van der Waals surface area contributed by atoms with Crippen molar-refractivity contribution in [3.8, 4) is 0 Å². The molecule has 2 aromatic rings. The van der Waals surface area contributed by atoms with Crippen LogP contribution in [0.5, 0.6) is 0 Å². The van der Waals surface area contributed by atoms with Crippen molar-refractivity contribution in [2.45, 2.75) is 24.8 Å². The van der Waals surface area contributed by atoms with Gasteiger partial charge in [-0.15, -0.1) is 0 Å². The Labute approximate surface area is 156 Å². The number of nitrogens with zero attached hydrogens (tertiary/aromatic N) is 1. The number of hydrogen-bond acceptors (Lipinski definition) is 4. The second-order valence-corrected chi connectivity index (χ2v) is 8.11. The molecule has 1 atom stereocenters. The molecule has 1 unspecified atom stereocenters. The number of amides is 1. The Bertz CT molecular complexity index is 831. The monoisotopic (exact) mass is 374 g/mol. The van der Waals surface area contributed by atoms with Crippen LogP contribution in [0.15, 0.2) is 59.5 Å². The lowest BCUT2D eigenvalue weighted by molar-refractivity contribution is 0.0931. The summed E-state index contributed by atoms with van der Waals surface area (Å²) in [5.74, 6) is -0.376. The maximum atomic E-state index is 12.7. The number of likely N-dealkylation sites (N-methyl/N-ethyl adjacent to an activating group) is 1. The van der Waals surface area contributed by atoms with Crippen LogP contribution in [-0.2, 0) is 9.84 Å². The molecule has 0 aliphatic rings. The van der Waals surface area contributed by atoms with Crippen LogP contribution in [0.25, 0.3) is 0 Å². The lowest BCUT2D eigenvalue weighted by Gasteiger charge is -2.30. The number of nitrogens with one attached hydrogen (secondary N) is 1. The number of carbonyl (C=O) groups is 1. The van der Waals surface area contributed by atoms with E-state index in [4.69, 9.17) is 0 Å². The molecule has 1 amide bonds. The molecule has 0 heterocycles. The second kappa shape index (κ2) is 8.96. The first kappa shape index (κ1) is 20.1. The van der Waals surface area contributed by atoms with Crippen molar-refractivity contribution in [2.24, 2.45) is 0 Å². The molecule has 0 aromatic heterocycles. The van der Waals surface area contributed by atoms with Crippen LogP contribution >= 0.6 is 0 Å². The van der Waals surface area contributed by atoms with Crippen molar-refractivity contribution in [3.05, 3.63) is 65.7 Å². The van der Waals surface area contributed by atoms with Gasteiger partial charge in [0.15, 0.2) is 9.84 Å². The Morgan fingerprint density at radius 2 is 1.58 bits per heavy atom. The van der Waals surface area contributed by atoms with Crippen molar-refractivity contribution >= 4 is 15.7 Å². The van der Waals surface area contributed by atoms with E-state index in [1.165, 1.54) is 6.07 Å². The molecule has 1 N–H and O–H groups in total. The van der Waals surface area contributed by atoms with Crippen LogP contribution in [-0.4, -0.2) is 45.1 Å². The van der Waals surface area contributed by atoms with Gasteiger partial charge in [-0.1, -0.05) is 56.3 Å². The highest BCUT2D eigenvalue weighted by Gasteiger charge is 2.21. The number of benzene rings is 2. The minimum atomic E-state index is -3.47. The van der Waals surface area contributed by atoms with Crippen molar-refractivity contribution in [1.29, 1.82) is 0 Å². The van der Waals surface area contributed by atoms with Crippen LogP contribution < -0.4 is 5.32 Å². The molecule has 0 saturated heterocycles. The van der Waals surface area contributed by atoms with Crippen molar-refractivity contribution in [1.82, 2.24) is 10.2 Å². The average molecular weight is 375 g/mol. The van der Waals surface area contributed by atoms with Gasteiger partial charge in [-0.3, -0.25) is 9.69 Å². The number of sulfone groups is 1. The molecule has 0 bridgehead atoms. The lowest BCUT2D eigenvalue weighted by Crippen LogP contribution is -2.38. The summed E-state index contributed by atoms with van der Waals surface area (Å²) in [6.07, 6.45) is 1.11. The molecule has 2 rings (SSSR count). The minimum absolute atomic E-state index is 0.0283. The van der Waals surface area contributed by atoms with Crippen molar-refractivity contribution in [3.63, 3.8) is 0 Å². The smallest absolute Gasteiger partial charge is 0.252 e. The molecule has 2 aromatic carbocycles. The zero-order valence-corrected chi connectivity index (χ0v) is 16.3. The van der Waals surface area contributed by atoms with Crippen LogP contribution in [0.2, 0.25) is 0 Å². The highest BCUT2D eigenvalue weighted by Crippen LogP contribution is 2.20. The molecule has 5 nitrogen and oxygen atoms in total. The van der Waals surface area contributed by atoms with E-state index in [1.807, 2.05) is 30.3 Å². The first-order chi connectivity index (χ1) is 12.4. The number of rotatable bonds is 8. The van der Waals surface area contributed by atoms with Gasteiger partial charge in [0, 0.05) is 12.8 Å². The van der Waals surface area contributed by atoms with E-state index in [1.54, 1.807) is 18.2 Å². The third kappa shape index (κ3) is 4.93. The zero-order chi connectivity index (χ0) is 19.2. The van der Waals surface area contributed by atoms with Gasteiger partial charge in [-0.2, -0.15) is 0 Å². The topological polar surface area (TPSA) is 66.5 Å². The largest absolute Gasteiger partial charge is 0.350 e. The molecule has 140 valence electrons. The van der Waals surface area contributed by atoms with E-state index >= 15 is 0 Å². The highest BCUT2D eigenvalue weighted by molar-refractivity contribution is 7.90. The average Bonchev–Trinajstić information content (AvgIpc) is 2.65. The maximum absolute atomic E-state index is 12.7. The predicted molar refractivity (Wildman–Crippen MR) is 104 cm³/mol. The van der Waals surface area contributed by atoms with Gasteiger partial charge in [-0.25, -0.2) is 8.42 Å². The summed E-state index contributed by atoms with van der Waals surface area (Å²) in [6.45, 7) is 6.28. The van der Waals surface area contributed by atoms with Gasteiger partial charge in [0.1, 0.15) is 0 Å². The zero-order valence-electron chi connectivity index (χ0n) is 15.5. The Morgan fingerprint density at radius 3 is 2.15 bits per heavy atom. The highest BCUT2D eigenvalue weighted by atomic mass is 32.2. The van der Waals surface area contributed by atoms with Crippen LogP contribution in [0.1, 0.15) is 35.8 Å². The predicted octanol–water partition coefficient (Wildman–Crippen LogP) is 2.90. The fraction of sp³-hybridized carbons (Fsp3) is 0.350. The van der Waals surface area contributed by atoms with Gasteiger partial charge in [0.25, 0.3) is 5.91 Å². The molecule has 0 aliphatic carbocycles. The van der Waals surface area contributed by atoms with Gasteiger partial charge in [0.05, 0.1) is 16.5 Å². The molecule has 0 saturated carbocycles. The summed E-state index contributed by atoms with van der Waals surface area (Å²) in [4.78, 5) is 15.0. The second-order valence-electron chi connectivity index (χ2n) is 6.13. The third-order valence-corrected chi connectivity index (χ3v) is 5.58. The first-order valence-electron chi connectivity index (χ1n) is 8.74. The van der Waals surface area contributed by atoms with Gasteiger partial charge in [-0.05, 0) is 30.8 Å². The van der Waals surface area contributed by atoms with Crippen LogP contribution in [0.3, 0.4) is 0 Å². The summed E-state index contributed by atoms with van der Waals surface area (Å²) < 4.78 is 23.9. The van der Waals surface area contributed by atoms with E-state index in [0.717, 1.165) is 24.9 Å². The van der Waals surface area contributed by atoms with Gasteiger partial charge < -0.3 is 5.32 Å². The molecule has 26 heavy (non-hydrogen) atoms. The maximum Gasteiger partial charge on any atom is 0.252 e. The van der Waals surface area contributed by atoms with E-state index in [-0.39, 0.29) is 22.4 Å². The third-order valence-electron chi connectivity index (χ3n) is 4.42. The number of carbonyl (C=O) groups excluding carboxylic acids is 1. The van der Waals surface area contributed by atoms with E-state index in [9.17, 15) is 13.2 Å². The standard InChI is InChI=1S/C20H26N2O3S/c1-4-22(5-2)18(16-11-7-6-8-12-16)15-21-20(23)17-13-9-10-14-19(17)26(3,24)25/h6-14,18H,4-5,15H2,1-3H3,(H,21,23). The normalized spacial score (nSPS) is 12.8. The van der Waals surface area contributed by atoms with E-state index < -0.39 is 9.84 Å². The molecule has 0 fully saturated rings. The number of hydrogen-bond donors (Lipinski definition) is 1. The minimum Gasteiger partial charge on any atom is -0.350 e. The summed E-state index contributed by atoms with van der Waals surface area (Å²) >= 11 is 0. The lowest BCUT2D eigenvalue weighted by atomic mass is 10.0. The fourth-order valence-corrected chi connectivity index (χ4v) is 3.95. The molecule has 0 radical (unpaired) electrons. The van der Waals surface area contributed by atoms with Gasteiger partial charge >= 0.3 is 0 Å². The molecular formula is C20H26N2O3S. The quantitative estimate of drug-likeness (QED) is 0.771. The summed E-state index contributed by atoms with van der Waals surface area (Å²) in [5.41, 5.74) is 1.30. The van der Waals surface area contributed by atoms with Crippen molar-refractivity contribution in [2.75, 3.05) is 25.9 Å². The van der Waals surface area contributed by atoms with Crippen LogP contribution in [0.4, 0.5) is 0 Å². The van der Waals surface area contributed by atoms with Crippen molar-refractivity contribution < 1.29 is 13.2 Å². The van der Waals surface area contributed by atoms with Crippen LogP contribution in [0, 0.1) is 0 Å². The molecule has 6 heteroatoms. The SMILES string of the molecule is CCN(CC)C(CNC(=O)c1ccccc1S(C)(=O)=O)c1ccccc1. The molecule has 0 spiro atoms. The fourth-order valence-electron chi connectivity index (χ4n) is 3.06. The Balaban J connectivity index is 2.23. The van der Waals surface area contributed by atoms with E-state index in [0.29, 0.717) is 6.54 Å². The Kier molecular flexibility index (Phi) is 6.94. The summed E-state index contributed by atoms with van der Waals surface area (Å²) in [5, 5.41) is 2.91. The van der Waals surface area contributed by atoms with Gasteiger partial charge in [0.2, 0.25) is 0 Å². The summed E-state index contributed by atoms with van der Waals surface area (Å²) in [6, 6.07) is 16.3. The molecule has 0 aliphatic heterocycles.